The van der Waals surface area contributed by atoms with Crippen molar-refractivity contribution in [3.05, 3.63) is 24.3 Å². The number of rotatable bonds is 6. The molecule has 0 saturated carbocycles. The van der Waals surface area contributed by atoms with Crippen molar-refractivity contribution in [2.24, 2.45) is 5.73 Å². The molecule has 0 unspecified atom stereocenters. The Kier molecular flexibility index (Phi) is 5.87. The zero-order chi connectivity index (χ0) is 19.7. The van der Waals surface area contributed by atoms with Gasteiger partial charge in [0.2, 0.25) is 26.0 Å². The summed E-state index contributed by atoms with van der Waals surface area (Å²) in [5.41, 5.74) is 5.16. The van der Waals surface area contributed by atoms with Gasteiger partial charge in [0.1, 0.15) is 0 Å². The molecule has 27 heavy (non-hydrogen) atoms. The highest BCUT2D eigenvalue weighted by Crippen LogP contribution is 2.24. The van der Waals surface area contributed by atoms with Gasteiger partial charge in [-0.1, -0.05) is 0 Å². The van der Waals surface area contributed by atoms with Gasteiger partial charge in [-0.15, -0.1) is 0 Å². The summed E-state index contributed by atoms with van der Waals surface area (Å²) < 4.78 is 53.4. The van der Waals surface area contributed by atoms with Crippen molar-refractivity contribution in [1.29, 1.82) is 0 Å². The largest absolute Gasteiger partial charge is 0.369 e. The normalized spacial score (nSPS) is 20.7. The number of carbonyl (C=O) groups is 1. The molecule has 0 bridgehead atoms. The van der Waals surface area contributed by atoms with Gasteiger partial charge in [0.05, 0.1) is 16.3 Å². The highest BCUT2D eigenvalue weighted by molar-refractivity contribution is 7.89. The molecule has 2 saturated heterocycles. The van der Waals surface area contributed by atoms with Crippen LogP contribution >= 0.6 is 0 Å². The van der Waals surface area contributed by atoms with Crippen LogP contribution in [0.5, 0.6) is 0 Å². The second kappa shape index (κ2) is 7.84. The van der Waals surface area contributed by atoms with Gasteiger partial charge in [-0.05, 0) is 37.1 Å². The SMILES string of the molecule is NC(=O)CN1CCN(S(=O)(=O)c2ccc(S(=O)(=O)N3CCCC3)cc2)CC1. The molecular formula is C16H24N4O5S2. The van der Waals surface area contributed by atoms with E-state index in [1.54, 1.807) is 4.90 Å². The Hall–Kier alpha value is -1.53. The van der Waals surface area contributed by atoms with Gasteiger partial charge in [-0.2, -0.15) is 8.61 Å². The number of benzene rings is 1. The van der Waals surface area contributed by atoms with Crippen molar-refractivity contribution < 1.29 is 21.6 Å². The number of hydrogen-bond donors (Lipinski definition) is 1. The van der Waals surface area contributed by atoms with Gasteiger partial charge in [-0.3, -0.25) is 9.69 Å². The fourth-order valence-electron chi connectivity index (χ4n) is 3.36. The number of piperazine rings is 1. The molecule has 2 heterocycles. The number of nitrogens with two attached hydrogens (primary N) is 1. The second-order valence-electron chi connectivity index (χ2n) is 6.73. The van der Waals surface area contributed by atoms with Gasteiger partial charge in [-0.25, -0.2) is 16.8 Å². The van der Waals surface area contributed by atoms with Crippen LogP contribution in [0, 0.1) is 0 Å². The fraction of sp³-hybridized carbons (Fsp3) is 0.562. The number of primary amides is 1. The van der Waals surface area contributed by atoms with Gasteiger partial charge in [0, 0.05) is 39.3 Å². The number of sulfonamides is 2. The Morgan fingerprint density at radius 1 is 0.778 bits per heavy atom. The van der Waals surface area contributed by atoms with Gasteiger partial charge < -0.3 is 5.73 Å². The molecule has 2 aliphatic rings. The van der Waals surface area contributed by atoms with Crippen LogP contribution in [0.4, 0.5) is 0 Å². The minimum absolute atomic E-state index is 0.0613. The highest BCUT2D eigenvalue weighted by atomic mass is 32.2. The summed E-state index contributed by atoms with van der Waals surface area (Å²) in [5, 5.41) is 0. The first-order chi connectivity index (χ1) is 12.7. The third-order valence-electron chi connectivity index (χ3n) is 4.88. The lowest BCUT2D eigenvalue weighted by molar-refractivity contribution is -0.119. The van der Waals surface area contributed by atoms with Crippen LogP contribution in [0.3, 0.4) is 0 Å². The topological polar surface area (TPSA) is 121 Å². The fourth-order valence-corrected chi connectivity index (χ4v) is 6.30. The quantitative estimate of drug-likeness (QED) is 0.652. The lowest BCUT2D eigenvalue weighted by atomic mass is 10.3. The van der Waals surface area contributed by atoms with Gasteiger partial charge in [0.25, 0.3) is 0 Å². The molecular weight excluding hydrogens is 392 g/mol. The summed E-state index contributed by atoms with van der Waals surface area (Å²) in [6, 6.07) is 5.38. The van der Waals surface area contributed by atoms with Crippen LogP contribution in [0.25, 0.3) is 0 Å². The van der Waals surface area contributed by atoms with E-state index in [0.29, 0.717) is 26.2 Å². The van der Waals surface area contributed by atoms with Crippen LogP contribution in [0.15, 0.2) is 34.1 Å². The maximum Gasteiger partial charge on any atom is 0.243 e. The second-order valence-corrected chi connectivity index (χ2v) is 10.6. The zero-order valence-electron chi connectivity index (χ0n) is 15.0. The van der Waals surface area contributed by atoms with E-state index >= 15 is 0 Å². The summed E-state index contributed by atoms with van der Waals surface area (Å²) in [5.74, 6) is -0.443. The molecule has 150 valence electrons. The Morgan fingerprint density at radius 2 is 1.19 bits per heavy atom. The lowest BCUT2D eigenvalue weighted by Gasteiger charge is -2.33. The Bertz CT molecular complexity index is 885. The standard InChI is InChI=1S/C16H24N4O5S2/c17-16(21)13-18-9-11-20(12-10-18)27(24,25)15-5-3-14(4-6-15)26(22,23)19-7-1-2-8-19/h3-6H,1-2,7-13H2,(H2,17,21). The van der Waals surface area contributed by atoms with E-state index in [0.717, 1.165) is 12.8 Å². The Balaban J connectivity index is 1.72. The minimum Gasteiger partial charge on any atom is -0.369 e. The summed E-state index contributed by atoms with van der Waals surface area (Å²) in [4.78, 5) is 12.9. The molecule has 9 nitrogen and oxygen atoms in total. The summed E-state index contributed by atoms with van der Waals surface area (Å²) in [7, 11) is -7.28. The molecule has 0 aromatic heterocycles. The van der Waals surface area contributed by atoms with E-state index in [2.05, 4.69) is 0 Å². The smallest absolute Gasteiger partial charge is 0.243 e. The van der Waals surface area contributed by atoms with Crippen LogP contribution in [-0.4, -0.2) is 82.1 Å². The number of amides is 1. The number of nitrogens with zero attached hydrogens (tertiary/aromatic N) is 3. The van der Waals surface area contributed by atoms with Crippen LogP contribution in [0.2, 0.25) is 0 Å². The minimum atomic E-state index is -3.71. The Labute approximate surface area is 159 Å². The van der Waals surface area contributed by atoms with E-state index in [4.69, 9.17) is 5.73 Å². The molecule has 3 rings (SSSR count). The molecule has 0 spiro atoms. The van der Waals surface area contributed by atoms with Gasteiger partial charge >= 0.3 is 0 Å². The molecule has 2 fully saturated rings. The van der Waals surface area contributed by atoms with Crippen molar-refractivity contribution in [3.8, 4) is 0 Å². The molecule has 0 aliphatic carbocycles. The van der Waals surface area contributed by atoms with E-state index in [1.807, 2.05) is 0 Å². The van der Waals surface area contributed by atoms with E-state index < -0.39 is 26.0 Å². The van der Waals surface area contributed by atoms with Crippen molar-refractivity contribution in [1.82, 2.24) is 13.5 Å². The maximum atomic E-state index is 12.8. The maximum absolute atomic E-state index is 12.8. The average molecular weight is 417 g/mol. The molecule has 1 amide bonds. The average Bonchev–Trinajstić information content (AvgIpc) is 3.17. The summed E-state index contributed by atoms with van der Waals surface area (Å²) in [6.45, 7) is 2.45. The first kappa shape index (κ1) is 20.2. The molecule has 1 aromatic carbocycles. The lowest BCUT2D eigenvalue weighted by Crippen LogP contribution is -2.50. The summed E-state index contributed by atoms with van der Waals surface area (Å²) >= 11 is 0. The highest BCUT2D eigenvalue weighted by Gasteiger charge is 2.30. The molecule has 11 heteroatoms. The van der Waals surface area contributed by atoms with E-state index in [9.17, 15) is 21.6 Å². The van der Waals surface area contributed by atoms with Crippen LogP contribution in [-0.2, 0) is 24.8 Å². The monoisotopic (exact) mass is 416 g/mol. The van der Waals surface area contributed by atoms with Crippen molar-refractivity contribution in [3.63, 3.8) is 0 Å². The van der Waals surface area contributed by atoms with Crippen molar-refractivity contribution in [2.75, 3.05) is 45.8 Å². The predicted molar refractivity (Wildman–Crippen MR) is 98.8 cm³/mol. The first-order valence-electron chi connectivity index (χ1n) is 8.82. The van der Waals surface area contributed by atoms with Crippen LogP contribution < -0.4 is 5.73 Å². The first-order valence-corrected chi connectivity index (χ1v) is 11.7. The third kappa shape index (κ3) is 4.32. The molecule has 2 N–H and O–H groups in total. The van der Waals surface area contributed by atoms with E-state index in [-0.39, 0.29) is 29.4 Å². The van der Waals surface area contributed by atoms with Crippen molar-refractivity contribution in [2.45, 2.75) is 22.6 Å². The third-order valence-corrected chi connectivity index (χ3v) is 8.70. The van der Waals surface area contributed by atoms with E-state index in [1.165, 1.54) is 32.9 Å². The molecule has 0 atom stereocenters. The summed E-state index contributed by atoms with van der Waals surface area (Å²) in [6.07, 6.45) is 1.68. The number of carbonyl (C=O) groups excluding carboxylic acids is 1. The molecule has 2 aliphatic heterocycles. The van der Waals surface area contributed by atoms with Crippen LogP contribution in [0.1, 0.15) is 12.8 Å². The molecule has 1 aromatic rings. The number of hydrogen-bond acceptors (Lipinski definition) is 6. The molecule has 0 radical (unpaired) electrons. The van der Waals surface area contributed by atoms with Gasteiger partial charge in [0.15, 0.2) is 0 Å². The predicted octanol–water partition coefficient (Wildman–Crippen LogP) is -0.737. The Morgan fingerprint density at radius 3 is 1.59 bits per heavy atom. The zero-order valence-corrected chi connectivity index (χ0v) is 16.6. The van der Waals surface area contributed by atoms with Crippen molar-refractivity contribution >= 4 is 26.0 Å².